The lowest BCUT2D eigenvalue weighted by Gasteiger charge is -2.19. The van der Waals surface area contributed by atoms with Crippen LogP contribution in [0.5, 0.6) is 0 Å². The van der Waals surface area contributed by atoms with Crippen LogP contribution in [0.15, 0.2) is 29.2 Å². The number of sulfonamides is 1. The molecule has 0 atom stereocenters. The maximum absolute atomic E-state index is 12.4. The van der Waals surface area contributed by atoms with Crippen LogP contribution in [0.4, 0.5) is 0 Å². The van der Waals surface area contributed by atoms with E-state index in [1.165, 1.54) is 28.6 Å². The van der Waals surface area contributed by atoms with E-state index < -0.39 is 16.0 Å². The summed E-state index contributed by atoms with van der Waals surface area (Å²) < 4.78 is 26.0. The maximum atomic E-state index is 12.4. The number of carboxylic acids is 1. The van der Waals surface area contributed by atoms with E-state index in [-0.39, 0.29) is 42.4 Å². The van der Waals surface area contributed by atoms with Crippen LogP contribution >= 0.6 is 0 Å². The zero-order valence-corrected chi connectivity index (χ0v) is 11.4. The van der Waals surface area contributed by atoms with Crippen LogP contribution in [0.3, 0.4) is 0 Å². The molecule has 1 aromatic carbocycles. The summed E-state index contributed by atoms with van der Waals surface area (Å²) in [6.07, 6.45) is 0.117. The van der Waals surface area contributed by atoms with Crippen molar-refractivity contribution >= 4 is 21.9 Å². The zero-order chi connectivity index (χ0) is 14.8. The number of rotatable bonds is 3. The highest BCUT2D eigenvalue weighted by Crippen LogP contribution is 2.17. The van der Waals surface area contributed by atoms with Gasteiger partial charge < -0.3 is 10.4 Å². The summed E-state index contributed by atoms with van der Waals surface area (Å²) in [5.41, 5.74) is 0.0247. The molecule has 20 heavy (non-hydrogen) atoms. The molecule has 1 aromatic rings. The highest BCUT2D eigenvalue weighted by Gasteiger charge is 2.26. The Hall–Kier alpha value is -1.93. The number of carboxylic acid groups (broad SMARTS) is 1. The van der Waals surface area contributed by atoms with Gasteiger partial charge in [-0.1, -0.05) is 0 Å². The Labute approximate surface area is 116 Å². The highest BCUT2D eigenvalue weighted by atomic mass is 32.2. The first-order valence-corrected chi connectivity index (χ1v) is 7.45. The quantitative estimate of drug-likeness (QED) is 0.810. The van der Waals surface area contributed by atoms with E-state index in [4.69, 9.17) is 5.11 Å². The van der Waals surface area contributed by atoms with Gasteiger partial charge in [0.15, 0.2) is 0 Å². The van der Waals surface area contributed by atoms with Crippen molar-refractivity contribution in [3.8, 4) is 0 Å². The van der Waals surface area contributed by atoms with Gasteiger partial charge in [-0.3, -0.25) is 4.79 Å². The van der Waals surface area contributed by atoms with Crippen molar-refractivity contribution in [2.45, 2.75) is 11.3 Å². The molecule has 0 bridgehead atoms. The molecule has 1 heterocycles. The fourth-order valence-corrected chi connectivity index (χ4v) is 3.35. The number of nitrogens with one attached hydrogen (secondary N) is 1. The van der Waals surface area contributed by atoms with Gasteiger partial charge >= 0.3 is 5.97 Å². The third-order valence-corrected chi connectivity index (χ3v) is 4.92. The van der Waals surface area contributed by atoms with Gasteiger partial charge in [-0.25, -0.2) is 13.2 Å². The lowest BCUT2D eigenvalue weighted by Crippen LogP contribution is -2.34. The standard InChI is InChI=1S/C12H14N2O5S/c15-11-5-7-14(8-6-13-11)20(18,19)10-3-1-9(2-4-10)12(16)17/h1-4H,5-8H2,(H,13,15)(H,16,17). The molecule has 1 fully saturated rings. The molecule has 7 nitrogen and oxygen atoms in total. The molecular formula is C12H14N2O5S. The summed E-state index contributed by atoms with van der Waals surface area (Å²) >= 11 is 0. The average Bonchev–Trinajstić information content (AvgIpc) is 2.64. The van der Waals surface area contributed by atoms with E-state index in [2.05, 4.69) is 5.32 Å². The lowest BCUT2D eigenvalue weighted by molar-refractivity contribution is -0.120. The second kappa shape index (κ2) is 5.59. The van der Waals surface area contributed by atoms with Crippen LogP contribution in [0.2, 0.25) is 0 Å². The van der Waals surface area contributed by atoms with E-state index in [1.54, 1.807) is 0 Å². The Morgan fingerprint density at radius 3 is 2.45 bits per heavy atom. The Morgan fingerprint density at radius 1 is 1.20 bits per heavy atom. The normalized spacial score (nSPS) is 17.3. The number of carbonyl (C=O) groups excluding carboxylic acids is 1. The molecule has 1 amide bonds. The van der Waals surface area contributed by atoms with Crippen molar-refractivity contribution in [3.05, 3.63) is 29.8 Å². The molecule has 1 saturated heterocycles. The second-order valence-corrected chi connectivity index (χ2v) is 6.27. The van der Waals surface area contributed by atoms with Crippen molar-refractivity contribution in [3.63, 3.8) is 0 Å². The topological polar surface area (TPSA) is 104 Å². The summed E-state index contributed by atoms with van der Waals surface area (Å²) in [7, 11) is -3.70. The monoisotopic (exact) mass is 298 g/mol. The smallest absolute Gasteiger partial charge is 0.335 e. The Kier molecular flexibility index (Phi) is 4.05. The number of benzene rings is 1. The van der Waals surface area contributed by atoms with Crippen LogP contribution in [-0.4, -0.2) is 49.3 Å². The minimum Gasteiger partial charge on any atom is -0.478 e. The van der Waals surface area contributed by atoms with E-state index >= 15 is 0 Å². The molecule has 8 heteroatoms. The molecule has 0 spiro atoms. The lowest BCUT2D eigenvalue weighted by atomic mass is 10.2. The second-order valence-electron chi connectivity index (χ2n) is 4.33. The van der Waals surface area contributed by atoms with Gasteiger partial charge in [-0.05, 0) is 24.3 Å². The number of nitrogens with zero attached hydrogens (tertiary/aromatic N) is 1. The fourth-order valence-electron chi connectivity index (χ4n) is 1.91. The Morgan fingerprint density at radius 2 is 1.85 bits per heavy atom. The van der Waals surface area contributed by atoms with Gasteiger partial charge in [0.1, 0.15) is 0 Å². The van der Waals surface area contributed by atoms with Crippen LogP contribution in [-0.2, 0) is 14.8 Å². The van der Waals surface area contributed by atoms with Crippen LogP contribution in [0, 0.1) is 0 Å². The summed E-state index contributed by atoms with van der Waals surface area (Å²) in [5, 5.41) is 11.4. The fraction of sp³-hybridized carbons (Fsp3) is 0.333. The molecule has 0 aliphatic carbocycles. The van der Waals surface area contributed by atoms with Gasteiger partial charge in [-0.2, -0.15) is 4.31 Å². The van der Waals surface area contributed by atoms with Crippen LogP contribution < -0.4 is 5.32 Å². The van der Waals surface area contributed by atoms with Crippen LogP contribution in [0.25, 0.3) is 0 Å². The molecule has 1 aliphatic rings. The Balaban J connectivity index is 2.25. The summed E-state index contributed by atoms with van der Waals surface area (Å²) in [6, 6.07) is 5.02. The first-order valence-electron chi connectivity index (χ1n) is 6.01. The molecular weight excluding hydrogens is 284 g/mol. The van der Waals surface area contributed by atoms with Crippen molar-refractivity contribution < 1.29 is 23.1 Å². The van der Waals surface area contributed by atoms with Gasteiger partial charge in [0.25, 0.3) is 0 Å². The molecule has 1 aliphatic heterocycles. The SMILES string of the molecule is O=C1CCN(S(=O)(=O)c2ccc(C(=O)O)cc2)CCN1. The number of hydrogen-bond acceptors (Lipinski definition) is 4. The first-order chi connectivity index (χ1) is 9.41. The number of amides is 1. The largest absolute Gasteiger partial charge is 0.478 e. The number of hydrogen-bond donors (Lipinski definition) is 2. The van der Waals surface area contributed by atoms with E-state index in [9.17, 15) is 18.0 Å². The highest BCUT2D eigenvalue weighted by molar-refractivity contribution is 7.89. The van der Waals surface area contributed by atoms with Gasteiger partial charge in [0.2, 0.25) is 15.9 Å². The number of aromatic carboxylic acids is 1. The minimum absolute atomic E-state index is 0.0247. The summed E-state index contributed by atoms with van der Waals surface area (Å²) in [5.74, 6) is -1.29. The van der Waals surface area contributed by atoms with Crippen molar-refractivity contribution in [2.24, 2.45) is 0 Å². The van der Waals surface area contributed by atoms with E-state index in [0.29, 0.717) is 0 Å². The molecule has 2 N–H and O–H groups in total. The Bertz CT molecular complexity index is 624. The van der Waals surface area contributed by atoms with Gasteiger partial charge in [0, 0.05) is 26.1 Å². The molecule has 0 saturated carbocycles. The van der Waals surface area contributed by atoms with Gasteiger partial charge in [0.05, 0.1) is 10.5 Å². The minimum atomic E-state index is -3.70. The van der Waals surface area contributed by atoms with Gasteiger partial charge in [-0.15, -0.1) is 0 Å². The molecule has 2 rings (SSSR count). The molecule has 108 valence electrons. The number of carbonyl (C=O) groups is 2. The van der Waals surface area contributed by atoms with Crippen molar-refractivity contribution in [1.29, 1.82) is 0 Å². The maximum Gasteiger partial charge on any atom is 0.335 e. The zero-order valence-electron chi connectivity index (χ0n) is 10.6. The molecule has 0 unspecified atom stereocenters. The average molecular weight is 298 g/mol. The predicted octanol–water partition coefficient (Wildman–Crippen LogP) is -0.105. The van der Waals surface area contributed by atoms with E-state index in [1.807, 2.05) is 0 Å². The molecule has 0 aromatic heterocycles. The van der Waals surface area contributed by atoms with Crippen LogP contribution in [0.1, 0.15) is 16.8 Å². The third kappa shape index (κ3) is 2.97. The van der Waals surface area contributed by atoms with Crippen molar-refractivity contribution in [2.75, 3.05) is 19.6 Å². The first kappa shape index (κ1) is 14.5. The molecule has 0 radical (unpaired) electrons. The summed E-state index contributed by atoms with van der Waals surface area (Å²) in [4.78, 5) is 22.0. The van der Waals surface area contributed by atoms with E-state index in [0.717, 1.165) is 0 Å². The van der Waals surface area contributed by atoms with Crippen molar-refractivity contribution in [1.82, 2.24) is 9.62 Å². The summed E-state index contributed by atoms with van der Waals surface area (Å²) in [6.45, 7) is 0.592. The predicted molar refractivity (Wildman–Crippen MR) is 69.8 cm³/mol. The third-order valence-electron chi connectivity index (χ3n) is 3.01.